The van der Waals surface area contributed by atoms with Crippen molar-refractivity contribution in [2.24, 2.45) is 5.73 Å². The molecule has 1 heterocycles. The van der Waals surface area contributed by atoms with Crippen LogP contribution in [-0.4, -0.2) is 37.2 Å². The van der Waals surface area contributed by atoms with Gasteiger partial charge in [-0.15, -0.1) is 0 Å². The maximum absolute atomic E-state index is 11.8. The zero-order valence-corrected chi connectivity index (χ0v) is 10.3. The zero-order chi connectivity index (χ0) is 12.7. The largest absolute Gasteiger partial charge is 0.378 e. The number of carbonyl (C=O) groups excluding carboxylic acids is 1. The van der Waals surface area contributed by atoms with Gasteiger partial charge in [-0.2, -0.15) is 0 Å². The van der Waals surface area contributed by atoms with Crippen LogP contribution in [-0.2, 0) is 4.74 Å². The summed E-state index contributed by atoms with van der Waals surface area (Å²) in [6.07, 6.45) is 0. The third-order valence-electron chi connectivity index (χ3n) is 2.26. The number of hydrogen-bond acceptors (Lipinski definition) is 4. The fraction of sp³-hybridized carbons (Fsp3) is 0.500. The molecule has 1 aromatic rings. The normalized spacial score (nSPS) is 10.3. The van der Waals surface area contributed by atoms with E-state index >= 15 is 0 Å². The summed E-state index contributed by atoms with van der Waals surface area (Å²) in [6, 6.07) is 3.61. The van der Waals surface area contributed by atoms with Gasteiger partial charge in [-0.05, 0) is 26.0 Å². The second-order valence-corrected chi connectivity index (χ2v) is 3.74. The van der Waals surface area contributed by atoms with Gasteiger partial charge in [-0.25, -0.2) is 0 Å². The smallest absolute Gasteiger partial charge is 0.253 e. The van der Waals surface area contributed by atoms with Crippen molar-refractivity contribution in [3.05, 3.63) is 29.1 Å². The first-order valence-corrected chi connectivity index (χ1v) is 5.65. The number of rotatable bonds is 6. The molecule has 0 aliphatic carbocycles. The molecule has 0 aromatic carbocycles. The van der Waals surface area contributed by atoms with E-state index in [-0.39, 0.29) is 5.91 Å². The van der Waals surface area contributed by atoms with Gasteiger partial charge in [0, 0.05) is 18.8 Å². The summed E-state index contributed by atoms with van der Waals surface area (Å²) in [5.74, 6) is -0.119. The van der Waals surface area contributed by atoms with Crippen LogP contribution in [0.25, 0.3) is 0 Å². The van der Waals surface area contributed by atoms with Gasteiger partial charge in [0.25, 0.3) is 5.91 Å². The molecule has 0 saturated heterocycles. The van der Waals surface area contributed by atoms with Crippen molar-refractivity contribution in [2.45, 2.75) is 13.8 Å². The highest BCUT2D eigenvalue weighted by Gasteiger charge is 2.08. The number of ether oxygens (including phenoxy) is 1. The van der Waals surface area contributed by atoms with Crippen molar-refractivity contribution in [1.82, 2.24) is 10.3 Å². The van der Waals surface area contributed by atoms with Crippen molar-refractivity contribution in [1.29, 1.82) is 0 Å². The predicted octanol–water partition coefficient (Wildman–Crippen LogP) is 0.404. The van der Waals surface area contributed by atoms with E-state index in [2.05, 4.69) is 10.3 Å². The minimum atomic E-state index is -0.119. The highest BCUT2D eigenvalue weighted by Crippen LogP contribution is 2.05. The molecule has 17 heavy (non-hydrogen) atoms. The summed E-state index contributed by atoms with van der Waals surface area (Å²) in [4.78, 5) is 16.0. The number of pyridine rings is 1. The van der Waals surface area contributed by atoms with Crippen LogP contribution in [0.5, 0.6) is 0 Å². The second-order valence-electron chi connectivity index (χ2n) is 3.74. The van der Waals surface area contributed by atoms with Crippen LogP contribution in [0.3, 0.4) is 0 Å². The summed E-state index contributed by atoms with van der Waals surface area (Å²) >= 11 is 0. The third-order valence-corrected chi connectivity index (χ3v) is 2.26. The van der Waals surface area contributed by atoms with Crippen LogP contribution in [0.2, 0.25) is 0 Å². The van der Waals surface area contributed by atoms with E-state index in [0.29, 0.717) is 31.9 Å². The van der Waals surface area contributed by atoms with Crippen LogP contribution in [0.1, 0.15) is 21.7 Å². The highest BCUT2D eigenvalue weighted by atomic mass is 16.5. The van der Waals surface area contributed by atoms with Gasteiger partial charge in [-0.1, -0.05) is 0 Å². The van der Waals surface area contributed by atoms with Crippen molar-refractivity contribution < 1.29 is 9.53 Å². The Morgan fingerprint density at radius 2 is 2.18 bits per heavy atom. The SMILES string of the molecule is Cc1ccc(C(=O)NCCOCCN)c(C)n1. The molecule has 5 nitrogen and oxygen atoms in total. The molecular weight excluding hydrogens is 218 g/mol. The van der Waals surface area contributed by atoms with Crippen LogP contribution in [0.15, 0.2) is 12.1 Å². The monoisotopic (exact) mass is 237 g/mol. The Balaban J connectivity index is 2.42. The number of nitrogens with zero attached hydrogens (tertiary/aromatic N) is 1. The quantitative estimate of drug-likeness (QED) is 0.702. The summed E-state index contributed by atoms with van der Waals surface area (Å²) in [5, 5.41) is 2.77. The van der Waals surface area contributed by atoms with Crippen LogP contribution < -0.4 is 11.1 Å². The Morgan fingerprint density at radius 1 is 1.41 bits per heavy atom. The molecule has 5 heteroatoms. The molecule has 0 unspecified atom stereocenters. The Labute approximate surface area is 101 Å². The van der Waals surface area contributed by atoms with E-state index in [0.717, 1.165) is 11.4 Å². The first kappa shape index (κ1) is 13.6. The molecular formula is C12H19N3O2. The number of amides is 1. The first-order valence-electron chi connectivity index (χ1n) is 5.65. The lowest BCUT2D eigenvalue weighted by Gasteiger charge is -2.08. The maximum atomic E-state index is 11.8. The summed E-state index contributed by atoms with van der Waals surface area (Å²) < 4.78 is 5.16. The maximum Gasteiger partial charge on any atom is 0.253 e. The molecule has 1 rings (SSSR count). The molecule has 0 fully saturated rings. The molecule has 1 amide bonds. The molecule has 0 spiro atoms. The van der Waals surface area contributed by atoms with E-state index in [1.807, 2.05) is 19.9 Å². The minimum absolute atomic E-state index is 0.119. The Hall–Kier alpha value is -1.46. The van der Waals surface area contributed by atoms with Crippen LogP contribution in [0.4, 0.5) is 0 Å². The highest BCUT2D eigenvalue weighted by molar-refractivity contribution is 5.95. The van der Waals surface area contributed by atoms with Crippen molar-refractivity contribution in [3.63, 3.8) is 0 Å². The van der Waals surface area contributed by atoms with Crippen molar-refractivity contribution in [3.8, 4) is 0 Å². The molecule has 0 atom stereocenters. The number of nitrogens with one attached hydrogen (secondary N) is 1. The van der Waals surface area contributed by atoms with E-state index < -0.39 is 0 Å². The van der Waals surface area contributed by atoms with Crippen molar-refractivity contribution in [2.75, 3.05) is 26.3 Å². The third kappa shape index (κ3) is 4.50. The van der Waals surface area contributed by atoms with E-state index in [4.69, 9.17) is 10.5 Å². The zero-order valence-electron chi connectivity index (χ0n) is 10.3. The van der Waals surface area contributed by atoms with Gasteiger partial charge in [-0.3, -0.25) is 9.78 Å². The van der Waals surface area contributed by atoms with Gasteiger partial charge >= 0.3 is 0 Å². The lowest BCUT2D eigenvalue weighted by molar-refractivity contribution is 0.0919. The predicted molar refractivity (Wildman–Crippen MR) is 65.9 cm³/mol. The number of carbonyl (C=O) groups is 1. The first-order chi connectivity index (χ1) is 8.15. The minimum Gasteiger partial charge on any atom is -0.378 e. The number of aryl methyl sites for hydroxylation is 2. The van der Waals surface area contributed by atoms with E-state index in [1.165, 1.54) is 0 Å². The average Bonchev–Trinajstić information content (AvgIpc) is 2.28. The molecule has 0 aliphatic rings. The molecule has 1 aromatic heterocycles. The van der Waals surface area contributed by atoms with Gasteiger partial charge < -0.3 is 15.8 Å². The number of hydrogen-bond donors (Lipinski definition) is 2. The molecule has 0 saturated carbocycles. The van der Waals surface area contributed by atoms with Crippen molar-refractivity contribution >= 4 is 5.91 Å². The summed E-state index contributed by atoms with van der Waals surface area (Å²) in [7, 11) is 0. The molecule has 0 bridgehead atoms. The lowest BCUT2D eigenvalue weighted by Crippen LogP contribution is -2.28. The van der Waals surface area contributed by atoms with Gasteiger partial charge in [0.15, 0.2) is 0 Å². The van der Waals surface area contributed by atoms with Crippen LogP contribution >= 0.6 is 0 Å². The molecule has 0 aliphatic heterocycles. The number of aromatic nitrogens is 1. The second kappa shape index (κ2) is 6.98. The van der Waals surface area contributed by atoms with Gasteiger partial charge in [0.1, 0.15) is 0 Å². The Kier molecular flexibility index (Phi) is 5.59. The molecule has 94 valence electrons. The van der Waals surface area contributed by atoms with Crippen LogP contribution in [0, 0.1) is 13.8 Å². The topological polar surface area (TPSA) is 77.2 Å². The van der Waals surface area contributed by atoms with Gasteiger partial charge in [0.05, 0.1) is 24.5 Å². The summed E-state index contributed by atoms with van der Waals surface area (Å²) in [5.41, 5.74) is 7.53. The summed E-state index contributed by atoms with van der Waals surface area (Å²) in [6.45, 7) is 5.69. The lowest BCUT2D eigenvalue weighted by atomic mass is 10.2. The molecule has 3 N–H and O–H groups in total. The fourth-order valence-electron chi connectivity index (χ4n) is 1.44. The molecule has 0 radical (unpaired) electrons. The Bertz CT molecular complexity index is 380. The fourth-order valence-corrected chi connectivity index (χ4v) is 1.44. The Morgan fingerprint density at radius 3 is 2.82 bits per heavy atom. The number of nitrogens with two attached hydrogens (primary N) is 1. The average molecular weight is 237 g/mol. The standard InChI is InChI=1S/C12H19N3O2/c1-9-3-4-11(10(2)15-9)12(16)14-6-8-17-7-5-13/h3-4H,5-8,13H2,1-2H3,(H,14,16). The van der Waals surface area contributed by atoms with E-state index in [1.54, 1.807) is 6.07 Å². The van der Waals surface area contributed by atoms with E-state index in [9.17, 15) is 4.79 Å². The van der Waals surface area contributed by atoms with Gasteiger partial charge in [0.2, 0.25) is 0 Å².